The second kappa shape index (κ2) is 6.91. The van der Waals surface area contributed by atoms with Gasteiger partial charge in [-0.15, -0.1) is 0 Å². The third-order valence-electron chi connectivity index (χ3n) is 6.29. The van der Waals surface area contributed by atoms with Crippen LogP contribution in [0.2, 0.25) is 0 Å². The first-order valence-corrected chi connectivity index (χ1v) is 10.4. The minimum absolute atomic E-state index is 0.0390. The molecule has 0 atom stereocenters. The van der Waals surface area contributed by atoms with Gasteiger partial charge in [0.05, 0.1) is 5.41 Å². The molecule has 4 heteroatoms. The number of rotatable bonds is 4. The number of fused-ring (bicyclic) bond motifs is 1. The van der Waals surface area contributed by atoms with E-state index < -0.39 is 5.41 Å². The molecule has 5 rings (SSSR count). The summed E-state index contributed by atoms with van der Waals surface area (Å²) in [7, 11) is 0. The standard InChI is InChI=1S/C26H25NO3/c1-16-4-5-17(2)21(12-16)22-14-20(8-6-18(22)3)27-25(28)26(10-11-26)19-7-9-23-24(13-19)30-15-29-23/h4-9,12-14H,10-11,15H2,1-3H3,(H,27,28). The first-order valence-electron chi connectivity index (χ1n) is 10.4. The van der Waals surface area contributed by atoms with E-state index in [9.17, 15) is 4.79 Å². The smallest absolute Gasteiger partial charge is 0.235 e. The van der Waals surface area contributed by atoms with Crippen molar-refractivity contribution in [3.63, 3.8) is 0 Å². The van der Waals surface area contributed by atoms with Crippen molar-refractivity contribution < 1.29 is 14.3 Å². The summed E-state index contributed by atoms with van der Waals surface area (Å²) in [6.45, 7) is 6.57. The lowest BCUT2D eigenvalue weighted by molar-refractivity contribution is -0.118. The fourth-order valence-electron chi connectivity index (χ4n) is 4.23. The van der Waals surface area contributed by atoms with Crippen molar-refractivity contribution in [2.75, 3.05) is 12.1 Å². The molecule has 3 aromatic rings. The summed E-state index contributed by atoms with van der Waals surface area (Å²) < 4.78 is 10.9. The second-order valence-electron chi connectivity index (χ2n) is 8.45. The van der Waals surface area contributed by atoms with Crippen LogP contribution in [0.3, 0.4) is 0 Å². The molecule has 0 bridgehead atoms. The number of anilines is 1. The van der Waals surface area contributed by atoms with Crippen molar-refractivity contribution in [2.24, 2.45) is 0 Å². The normalized spacial score (nSPS) is 15.7. The molecule has 4 nitrogen and oxygen atoms in total. The topological polar surface area (TPSA) is 47.6 Å². The van der Waals surface area contributed by atoms with Gasteiger partial charge in [-0.25, -0.2) is 0 Å². The van der Waals surface area contributed by atoms with E-state index in [1.807, 2.05) is 24.3 Å². The van der Waals surface area contributed by atoms with Gasteiger partial charge in [-0.3, -0.25) is 4.79 Å². The minimum Gasteiger partial charge on any atom is -0.454 e. The first kappa shape index (κ1) is 18.7. The molecule has 30 heavy (non-hydrogen) atoms. The summed E-state index contributed by atoms with van der Waals surface area (Å²) in [6.07, 6.45) is 1.68. The van der Waals surface area contributed by atoms with E-state index in [0.717, 1.165) is 41.2 Å². The van der Waals surface area contributed by atoms with E-state index in [4.69, 9.17) is 9.47 Å². The van der Waals surface area contributed by atoms with Crippen LogP contribution >= 0.6 is 0 Å². The van der Waals surface area contributed by atoms with Crippen LogP contribution in [0, 0.1) is 20.8 Å². The van der Waals surface area contributed by atoms with Crippen molar-refractivity contribution in [1.29, 1.82) is 0 Å². The Morgan fingerprint density at radius 1 is 0.833 bits per heavy atom. The molecule has 0 unspecified atom stereocenters. The second-order valence-corrected chi connectivity index (χ2v) is 8.45. The fourth-order valence-corrected chi connectivity index (χ4v) is 4.23. The lowest BCUT2D eigenvalue weighted by Crippen LogP contribution is -2.27. The van der Waals surface area contributed by atoms with Crippen LogP contribution in [0.1, 0.15) is 35.1 Å². The average Bonchev–Trinajstić information content (AvgIpc) is 3.42. The Labute approximate surface area is 176 Å². The van der Waals surface area contributed by atoms with E-state index in [0.29, 0.717) is 0 Å². The molecule has 152 valence electrons. The zero-order chi connectivity index (χ0) is 20.9. The molecule has 3 aromatic carbocycles. The first-order chi connectivity index (χ1) is 14.5. The Kier molecular flexibility index (Phi) is 4.31. The highest BCUT2D eigenvalue weighted by atomic mass is 16.7. The molecule has 0 saturated heterocycles. The number of benzene rings is 3. The zero-order valence-corrected chi connectivity index (χ0v) is 17.5. The van der Waals surface area contributed by atoms with E-state index in [2.05, 4.69) is 56.4 Å². The highest BCUT2D eigenvalue weighted by Gasteiger charge is 2.51. The Morgan fingerprint density at radius 2 is 1.53 bits per heavy atom. The average molecular weight is 399 g/mol. The fraction of sp³-hybridized carbons (Fsp3) is 0.269. The van der Waals surface area contributed by atoms with Crippen LogP contribution in [0.25, 0.3) is 11.1 Å². The molecule has 2 aliphatic rings. The number of carbonyl (C=O) groups is 1. The molecule has 1 aliphatic heterocycles. The number of hydrogen-bond donors (Lipinski definition) is 1. The predicted molar refractivity (Wildman–Crippen MR) is 118 cm³/mol. The summed E-state index contributed by atoms with van der Waals surface area (Å²) in [5.41, 5.74) is 7.35. The van der Waals surface area contributed by atoms with E-state index in [1.54, 1.807) is 0 Å². The number of nitrogens with one attached hydrogen (secondary N) is 1. The van der Waals surface area contributed by atoms with Gasteiger partial charge in [0.15, 0.2) is 11.5 Å². The Hall–Kier alpha value is -3.27. The van der Waals surface area contributed by atoms with Crippen LogP contribution in [0.5, 0.6) is 11.5 Å². The number of amides is 1. The van der Waals surface area contributed by atoms with Gasteiger partial charge in [0.25, 0.3) is 0 Å². The van der Waals surface area contributed by atoms with Crippen LogP contribution in [-0.4, -0.2) is 12.7 Å². The molecule has 1 saturated carbocycles. The highest BCUT2D eigenvalue weighted by molar-refractivity contribution is 6.02. The SMILES string of the molecule is Cc1ccc(C)c(-c2cc(NC(=O)C3(c4ccc5c(c4)OCO5)CC3)ccc2C)c1. The molecule has 0 spiro atoms. The minimum atomic E-state index is -0.481. The van der Waals surface area contributed by atoms with E-state index in [-0.39, 0.29) is 12.7 Å². The van der Waals surface area contributed by atoms with Gasteiger partial charge >= 0.3 is 0 Å². The number of ether oxygens (including phenoxy) is 2. The predicted octanol–water partition coefficient (Wildman–Crippen LogP) is 5.68. The number of carbonyl (C=O) groups excluding carboxylic acids is 1. The van der Waals surface area contributed by atoms with Crippen molar-refractivity contribution in [1.82, 2.24) is 0 Å². The maximum Gasteiger partial charge on any atom is 0.235 e. The molecule has 0 aromatic heterocycles. The largest absolute Gasteiger partial charge is 0.454 e. The molecular formula is C26H25NO3. The van der Waals surface area contributed by atoms with Crippen molar-refractivity contribution in [2.45, 2.75) is 39.0 Å². The molecule has 1 heterocycles. The Balaban J connectivity index is 1.43. The summed E-state index contributed by atoms with van der Waals surface area (Å²) in [6, 6.07) is 18.5. The van der Waals surface area contributed by atoms with Crippen molar-refractivity contribution in [3.8, 4) is 22.6 Å². The molecular weight excluding hydrogens is 374 g/mol. The van der Waals surface area contributed by atoms with Crippen LogP contribution in [-0.2, 0) is 10.2 Å². The summed E-state index contributed by atoms with van der Waals surface area (Å²) >= 11 is 0. The summed E-state index contributed by atoms with van der Waals surface area (Å²) in [5, 5.41) is 3.17. The van der Waals surface area contributed by atoms with Gasteiger partial charge in [0.1, 0.15) is 0 Å². The van der Waals surface area contributed by atoms with Gasteiger partial charge in [0.2, 0.25) is 12.7 Å². The van der Waals surface area contributed by atoms with Crippen LogP contribution in [0.4, 0.5) is 5.69 Å². The molecule has 0 radical (unpaired) electrons. The maximum atomic E-state index is 13.3. The third kappa shape index (κ3) is 3.13. The lowest BCUT2D eigenvalue weighted by Gasteiger charge is -2.18. The Bertz CT molecular complexity index is 1160. The zero-order valence-electron chi connectivity index (χ0n) is 17.5. The Morgan fingerprint density at radius 3 is 2.30 bits per heavy atom. The van der Waals surface area contributed by atoms with Gasteiger partial charge in [-0.1, -0.05) is 35.9 Å². The molecule has 1 aliphatic carbocycles. The summed E-state index contributed by atoms with van der Waals surface area (Å²) in [4.78, 5) is 13.3. The van der Waals surface area contributed by atoms with Gasteiger partial charge in [-0.2, -0.15) is 0 Å². The maximum absolute atomic E-state index is 13.3. The van der Waals surface area contributed by atoms with E-state index >= 15 is 0 Å². The number of hydrogen-bond acceptors (Lipinski definition) is 3. The lowest BCUT2D eigenvalue weighted by atomic mass is 9.93. The van der Waals surface area contributed by atoms with Crippen molar-refractivity contribution >= 4 is 11.6 Å². The molecule has 1 fully saturated rings. The van der Waals surface area contributed by atoms with Crippen molar-refractivity contribution in [3.05, 3.63) is 76.9 Å². The molecule has 1 amide bonds. The molecule has 1 N–H and O–H groups in total. The number of aryl methyl sites for hydroxylation is 3. The van der Waals surface area contributed by atoms with Gasteiger partial charge < -0.3 is 14.8 Å². The third-order valence-corrected chi connectivity index (χ3v) is 6.29. The van der Waals surface area contributed by atoms with Gasteiger partial charge in [0, 0.05) is 5.69 Å². The monoisotopic (exact) mass is 399 g/mol. The van der Waals surface area contributed by atoms with Crippen LogP contribution < -0.4 is 14.8 Å². The van der Waals surface area contributed by atoms with Crippen LogP contribution in [0.15, 0.2) is 54.6 Å². The van der Waals surface area contributed by atoms with Gasteiger partial charge in [-0.05, 0) is 85.7 Å². The highest BCUT2D eigenvalue weighted by Crippen LogP contribution is 2.51. The quantitative estimate of drug-likeness (QED) is 0.614. The van der Waals surface area contributed by atoms with E-state index in [1.165, 1.54) is 22.3 Å². The summed E-state index contributed by atoms with van der Waals surface area (Å²) in [5.74, 6) is 1.50.